The molecule has 0 amide bonds. The second-order valence-corrected chi connectivity index (χ2v) is 3.70. The molecule has 4 nitrogen and oxygen atoms in total. The molecule has 0 heterocycles. The molecule has 0 unspecified atom stereocenters. The van der Waals surface area contributed by atoms with Gasteiger partial charge in [0.1, 0.15) is 5.82 Å². The second-order valence-electron chi connectivity index (χ2n) is 3.70. The van der Waals surface area contributed by atoms with E-state index >= 15 is 0 Å². The number of carboxylic acid groups (broad SMARTS) is 1. The first kappa shape index (κ1) is 12.8. The Morgan fingerprint density at radius 1 is 1.16 bits per heavy atom. The first-order chi connectivity index (χ1) is 8.99. The van der Waals surface area contributed by atoms with Crippen LogP contribution in [0.4, 0.5) is 14.5 Å². The molecule has 0 spiro atoms. The molecule has 2 aromatic carbocycles. The molecule has 0 atom stereocenters. The van der Waals surface area contributed by atoms with Crippen LogP contribution in [0.25, 0.3) is 0 Å². The number of hydrogen-bond acceptors (Lipinski definition) is 3. The summed E-state index contributed by atoms with van der Waals surface area (Å²) in [7, 11) is 0. The van der Waals surface area contributed by atoms with Crippen molar-refractivity contribution in [2.45, 2.75) is 0 Å². The van der Waals surface area contributed by atoms with E-state index in [0.29, 0.717) is 6.07 Å². The Hall–Kier alpha value is -2.63. The minimum Gasteiger partial charge on any atom is -0.478 e. The van der Waals surface area contributed by atoms with Crippen molar-refractivity contribution < 1.29 is 23.4 Å². The average molecular weight is 265 g/mol. The molecule has 3 N–H and O–H groups in total. The van der Waals surface area contributed by atoms with Gasteiger partial charge in [0, 0.05) is 6.07 Å². The molecule has 6 heteroatoms. The summed E-state index contributed by atoms with van der Waals surface area (Å²) in [6, 6.07) is 6.88. The Kier molecular flexibility index (Phi) is 3.33. The standard InChI is InChI=1S/C13H9F2NO3/c14-7-4-5-10(9(15)6-7)19-11-3-1-2-8(12(11)16)13(17)18/h1-6H,16H2,(H,17,18). The lowest BCUT2D eigenvalue weighted by molar-refractivity contribution is 0.0697. The van der Waals surface area contributed by atoms with Crippen LogP contribution in [0.5, 0.6) is 11.5 Å². The number of hydrogen-bond donors (Lipinski definition) is 2. The Bertz CT molecular complexity index is 644. The first-order valence-corrected chi connectivity index (χ1v) is 5.23. The Balaban J connectivity index is 2.38. The number of nitrogen functional groups attached to an aromatic ring is 1. The molecule has 2 aromatic rings. The van der Waals surface area contributed by atoms with E-state index in [2.05, 4.69) is 0 Å². The van der Waals surface area contributed by atoms with Crippen LogP contribution in [-0.4, -0.2) is 11.1 Å². The minimum absolute atomic E-state index is 0.00888. The third kappa shape index (κ3) is 2.62. The zero-order valence-electron chi connectivity index (χ0n) is 9.56. The van der Waals surface area contributed by atoms with E-state index in [1.54, 1.807) is 0 Å². The van der Waals surface area contributed by atoms with Gasteiger partial charge < -0.3 is 15.6 Å². The predicted octanol–water partition coefficient (Wildman–Crippen LogP) is 3.04. The molecule has 0 fully saturated rings. The molecule has 0 radical (unpaired) electrons. The highest BCUT2D eigenvalue weighted by atomic mass is 19.1. The van der Waals surface area contributed by atoms with Crippen molar-refractivity contribution in [3.8, 4) is 11.5 Å². The maximum Gasteiger partial charge on any atom is 0.337 e. The molecule has 98 valence electrons. The normalized spacial score (nSPS) is 10.2. The van der Waals surface area contributed by atoms with Gasteiger partial charge in [-0.25, -0.2) is 13.6 Å². The van der Waals surface area contributed by atoms with Crippen LogP contribution in [0.1, 0.15) is 10.4 Å². The number of carbonyl (C=O) groups is 1. The van der Waals surface area contributed by atoms with E-state index < -0.39 is 17.6 Å². The van der Waals surface area contributed by atoms with Crippen molar-refractivity contribution in [1.29, 1.82) is 0 Å². The Labute approximate surface area is 107 Å². The quantitative estimate of drug-likeness (QED) is 0.836. The molecular formula is C13H9F2NO3. The van der Waals surface area contributed by atoms with Crippen LogP contribution < -0.4 is 10.5 Å². The van der Waals surface area contributed by atoms with Gasteiger partial charge in [0.2, 0.25) is 0 Å². The van der Waals surface area contributed by atoms with Crippen LogP contribution in [0, 0.1) is 11.6 Å². The number of aromatic carboxylic acids is 1. The number of halogens is 2. The lowest BCUT2D eigenvalue weighted by atomic mass is 10.1. The van der Waals surface area contributed by atoms with Gasteiger partial charge in [-0.15, -0.1) is 0 Å². The molecule has 0 aliphatic heterocycles. The molecule has 0 saturated heterocycles. The van der Waals surface area contributed by atoms with Gasteiger partial charge >= 0.3 is 5.97 Å². The lowest BCUT2D eigenvalue weighted by Crippen LogP contribution is -2.04. The molecular weight excluding hydrogens is 256 g/mol. The van der Waals surface area contributed by atoms with Crippen molar-refractivity contribution in [2.24, 2.45) is 0 Å². The van der Waals surface area contributed by atoms with E-state index in [1.165, 1.54) is 18.2 Å². The molecule has 19 heavy (non-hydrogen) atoms. The largest absolute Gasteiger partial charge is 0.478 e. The van der Waals surface area contributed by atoms with Gasteiger partial charge in [-0.05, 0) is 24.3 Å². The maximum atomic E-state index is 13.4. The van der Waals surface area contributed by atoms with Crippen LogP contribution in [0.2, 0.25) is 0 Å². The molecule has 0 aliphatic rings. The zero-order chi connectivity index (χ0) is 14.0. The zero-order valence-corrected chi connectivity index (χ0v) is 9.56. The van der Waals surface area contributed by atoms with Crippen LogP contribution in [-0.2, 0) is 0 Å². The summed E-state index contributed by atoms with van der Waals surface area (Å²) in [5.41, 5.74) is 5.33. The average Bonchev–Trinajstić information content (AvgIpc) is 2.34. The summed E-state index contributed by atoms with van der Waals surface area (Å²) < 4.78 is 31.3. The highest BCUT2D eigenvalue weighted by molar-refractivity contribution is 5.95. The maximum absolute atomic E-state index is 13.4. The molecule has 0 bridgehead atoms. The number of anilines is 1. The summed E-state index contributed by atoms with van der Waals surface area (Å²) in [4.78, 5) is 10.9. The van der Waals surface area contributed by atoms with Crippen molar-refractivity contribution in [3.05, 3.63) is 53.6 Å². The summed E-state index contributed by atoms with van der Waals surface area (Å²) in [6.07, 6.45) is 0. The van der Waals surface area contributed by atoms with E-state index in [1.807, 2.05) is 0 Å². The van der Waals surface area contributed by atoms with Gasteiger partial charge in [0.15, 0.2) is 17.3 Å². The molecule has 0 saturated carbocycles. The van der Waals surface area contributed by atoms with Gasteiger partial charge in [-0.1, -0.05) is 6.07 Å². The van der Waals surface area contributed by atoms with E-state index in [9.17, 15) is 13.6 Å². The van der Waals surface area contributed by atoms with Crippen molar-refractivity contribution in [1.82, 2.24) is 0 Å². The smallest absolute Gasteiger partial charge is 0.337 e. The number of ether oxygens (including phenoxy) is 1. The third-order valence-electron chi connectivity index (χ3n) is 2.41. The molecule has 2 rings (SSSR count). The number of para-hydroxylation sites is 1. The van der Waals surface area contributed by atoms with Gasteiger partial charge in [-0.2, -0.15) is 0 Å². The fraction of sp³-hybridized carbons (Fsp3) is 0. The monoisotopic (exact) mass is 265 g/mol. The predicted molar refractivity (Wildman–Crippen MR) is 64.2 cm³/mol. The van der Waals surface area contributed by atoms with E-state index in [0.717, 1.165) is 12.1 Å². The number of carboxylic acids is 1. The highest BCUT2D eigenvalue weighted by Crippen LogP contribution is 2.31. The Morgan fingerprint density at radius 3 is 2.53 bits per heavy atom. The van der Waals surface area contributed by atoms with Crippen molar-refractivity contribution in [3.63, 3.8) is 0 Å². The second kappa shape index (κ2) is 4.93. The number of benzene rings is 2. The van der Waals surface area contributed by atoms with Crippen molar-refractivity contribution >= 4 is 11.7 Å². The summed E-state index contributed by atoms with van der Waals surface area (Å²) in [5, 5.41) is 8.89. The van der Waals surface area contributed by atoms with Gasteiger partial charge in [-0.3, -0.25) is 0 Å². The minimum atomic E-state index is -1.22. The Morgan fingerprint density at radius 2 is 1.89 bits per heavy atom. The summed E-state index contributed by atoms with van der Waals surface area (Å²) >= 11 is 0. The van der Waals surface area contributed by atoms with Crippen LogP contribution in [0.3, 0.4) is 0 Å². The topological polar surface area (TPSA) is 72.5 Å². The number of rotatable bonds is 3. The third-order valence-corrected chi connectivity index (χ3v) is 2.41. The molecule has 0 aliphatic carbocycles. The summed E-state index contributed by atoms with van der Waals surface area (Å²) in [5.74, 6) is -3.11. The van der Waals surface area contributed by atoms with Gasteiger partial charge in [0.05, 0.1) is 11.3 Å². The molecule has 0 aromatic heterocycles. The fourth-order valence-electron chi connectivity index (χ4n) is 1.50. The van der Waals surface area contributed by atoms with E-state index in [4.69, 9.17) is 15.6 Å². The SMILES string of the molecule is Nc1c(Oc2ccc(F)cc2F)cccc1C(=O)O. The summed E-state index contributed by atoms with van der Waals surface area (Å²) in [6.45, 7) is 0. The van der Waals surface area contributed by atoms with E-state index in [-0.39, 0.29) is 22.7 Å². The highest BCUT2D eigenvalue weighted by Gasteiger charge is 2.14. The van der Waals surface area contributed by atoms with Crippen LogP contribution in [0.15, 0.2) is 36.4 Å². The van der Waals surface area contributed by atoms with Gasteiger partial charge in [0.25, 0.3) is 0 Å². The first-order valence-electron chi connectivity index (χ1n) is 5.23. The number of nitrogens with two attached hydrogens (primary N) is 1. The van der Waals surface area contributed by atoms with Crippen molar-refractivity contribution in [2.75, 3.05) is 5.73 Å². The fourth-order valence-corrected chi connectivity index (χ4v) is 1.50. The van der Waals surface area contributed by atoms with Crippen LogP contribution >= 0.6 is 0 Å². The lowest BCUT2D eigenvalue weighted by Gasteiger charge is -2.10.